The Bertz CT molecular complexity index is 509. The number of carbonyl (C=O) groups is 2. The molecular formula is C12H17N3O4S2. The summed E-state index contributed by atoms with van der Waals surface area (Å²) in [6.07, 6.45) is 0.421. The van der Waals surface area contributed by atoms with Crippen LogP contribution >= 0.6 is 23.5 Å². The van der Waals surface area contributed by atoms with E-state index < -0.39 is 18.0 Å². The van der Waals surface area contributed by atoms with Crippen molar-refractivity contribution in [3.63, 3.8) is 0 Å². The first-order valence-electron chi connectivity index (χ1n) is 6.37. The summed E-state index contributed by atoms with van der Waals surface area (Å²) in [5, 5.41) is 25.7. The zero-order valence-electron chi connectivity index (χ0n) is 11.6. The van der Waals surface area contributed by atoms with Crippen LogP contribution in [0.5, 0.6) is 0 Å². The van der Waals surface area contributed by atoms with E-state index in [0.29, 0.717) is 16.5 Å². The van der Waals surface area contributed by atoms with Gasteiger partial charge in [-0.2, -0.15) is 0 Å². The first-order valence-corrected chi connectivity index (χ1v) is 8.24. The van der Waals surface area contributed by atoms with E-state index in [1.807, 2.05) is 0 Å². The Balaban J connectivity index is 2.08. The fourth-order valence-corrected chi connectivity index (χ4v) is 5.22. The lowest BCUT2D eigenvalue weighted by molar-refractivity contribution is -0.156. The minimum absolute atomic E-state index is 0.0226. The van der Waals surface area contributed by atoms with Gasteiger partial charge in [0.15, 0.2) is 5.70 Å². The van der Waals surface area contributed by atoms with Crippen LogP contribution in [0.4, 0.5) is 0 Å². The summed E-state index contributed by atoms with van der Waals surface area (Å²) in [6.45, 7) is 2.16. The van der Waals surface area contributed by atoms with Gasteiger partial charge >= 0.3 is 5.97 Å². The minimum atomic E-state index is -1.12. The molecule has 0 saturated carbocycles. The van der Waals surface area contributed by atoms with Crippen molar-refractivity contribution in [1.82, 2.24) is 9.80 Å². The highest BCUT2D eigenvalue weighted by Crippen LogP contribution is 2.53. The zero-order valence-corrected chi connectivity index (χ0v) is 13.3. The molecule has 0 spiro atoms. The van der Waals surface area contributed by atoms with E-state index in [2.05, 4.69) is 0 Å². The third kappa shape index (κ3) is 2.90. The van der Waals surface area contributed by atoms with Crippen LogP contribution in [0.2, 0.25) is 0 Å². The van der Waals surface area contributed by atoms with Gasteiger partial charge in [-0.25, -0.2) is 4.79 Å². The number of fused-ring (bicyclic) bond motifs is 1. The Morgan fingerprint density at radius 3 is 2.86 bits per heavy atom. The summed E-state index contributed by atoms with van der Waals surface area (Å²) in [4.78, 5) is 26.3. The molecule has 2 rings (SSSR count). The summed E-state index contributed by atoms with van der Waals surface area (Å²) in [7, 11) is 1.77. The van der Waals surface area contributed by atoms with Crippen molar-refractivity contribution in [2.75, 3.05) is 19.3 Å². The molecule has 1 saturated heterocycles. The molecule has 116 valence electrons. The van der Waals surface area contributed by atoms with Crippen molar-refractivity contribution in [3.8, 4) is 0 Å². The van der Waals surface area contributed by atoms with Crippen molar-refractivity contribution in [2.45, 2.75) is 18.4 Å². The summed E-state index contributed by atoms with van der Waals surface area (Å²) < 4.78 is 0.599. The quantitative estimate of drug-likeness (QED) is 0.353. The molecule has 0 aliphatic carbocycles. The molecule has 1 fully saturated rings. The standard InChI is InChI=1S/C12H17N3O4S2/c1-6(16)7-9(17)15-8(11(18)19)12(21-10(7)15)20-4-3-14(2)5-13/h5-7,10,13,16H,3-4H2,1-2H3,(H,18,19)/t6?,7-,10-/m1/s1. The van der Waals surface area contributed by atoms with E-state index in [1.54, 1.807) is 18.9 Å². The zero-order chi connectivity index (χ0) is 15.7. The van der Waals surface area contributed by atoms with Gasteiger partial charge in [0.1, 0.15) is 5.37 Å². The van der Waals surface area contributed by atoms with E-state index in [9.17, 15) is 19.8 Å². The normalized spacial score (nSPS) is 25.5. The number of carboxylic acids is 1. The van der Waals surface area contributed by atoms with E-state index in [1.165, 1.54) is 34.8 Å². The Morgan fingerprint density at radius 2 is 2.33 bits per heavy atom. The van der Waals surface area contributed by atoms with Crippen molar-refractivity contribution in [2.24, 2.45) is 5.92 Å². The molecule has 9 heteroatoms. The van der Waals surface area contributed by atoms with Gasteiger partial charge < -0.3 is 15.1 Å². The lowest BCUT2D eigenvalue weighted by Crippen LogP contribution is -2.60. The van der Waals surface area contributed by atoms with Gasteiger partial charge in [0.05, 0.1) is 22.6 Å². The Morgan fingerprint density at radius 1 is 1.67 bits per heavy atom. The van der Waals surface area contributed by atoms with Gasteiger partial charge in [-0.3, -0.25) is 15.1 Å². The first-order chi connectivity index (χ1) is 9.88. The highest BCUT2D eigenvalue weighted by atomic mass is 32.2. The van der Waals surface area contributed by atoms with Gasteiger partial charge in [0.2, 0.25) is 5.91 Å². The maximum absolute atomic E-state index is 12.0. The SMILES string of the molecule is CC(O)[C@@H]1C(=O)N2C(C(=O)O)=C(SCCN(C)C=N)S[C@H]12. The fraction of sp³-hybridized carbons (Fsp3) is 0.583. The number of hydrogen-bond donors (Lipinski definition) is 3. The number of nitrogens with zero attached hydrogens (tertiary/aromatic N) is 2. The van der Waals surface area contributed by atoms with Crippen LogP contribution in [0.25, 0.3) is 0 Å². The summed E-state index contributed by atoms with van der Waals surface area (Å²) >= 11 is 2.70. The van der Waals surface area contributed by atoms with E-state index >= 15 is 0 Å². The van der Waals surface area contributed by atoms with E-state index in [-0.39, 0.29) is 17.0 Å². The third-order valence-electron chi connectivity index (χ3n) is 3.37. The molecule has 7 nitrogen and oxygen atoms in total. The monoisotopic (exact) mass is 331 g/mol. The Hall–Kier alpha value is -1.19. The van der Waals surface area contributed by atoms with Crippen LogP contribution in [0.1, 0.15) is 6.92 Å². The average Bonchev–Trinajstić information content (AvgIpc) is 2.72. The van der Waals surface area contributed by atoms with Gasteiger partial charge in [-0.15, -0.1) is 11.8 Å². The molecule has 3 atom stereocenters. The highest BCUT2D eigenvalue weighted by molar-refractivity contribution is 8.22. The van der Waals surface area contributed by atoms with Crippen LogP contribution in [0, 0.1) is 11.3 Å². The minimum Gasteiger partial charge on any atom is -0.477 e. The molecule has 2 heterocycles. The number of nitrogens with one attached hydrogen (secondary N) is 1. The number of rotatable bonds is 7. The fourth-order valence-electron chi connectivity index (χ4n) is 2.20. The number of carboxylic acid groups (broad SMARTS) is 1. The van der Waals surface area contributed by atoms with Crippen LogP contribution in [-0.2, 0) is 9.59 Å². The van der Waals surface area contributed by atoms with Crippen LogP contribution in [-0.4, -0.2) is 69.1 Å². The van der Waals surface area contributed by atoms with Gasteiger partial charge in [-0.05, 0) is 6.92 Å². The average molecular weight is 331 g/mol. The van der Waals surface area contributed by atoms with E-state index in [0.717, 1.165) is 0 Å². The molecule has 0 radical (unpaired) electrons. The predicted molar refractivity (Wildman–Crippen MR) is 81.9 cm³/mol. The molecule has 3 N–H and O–H groups in total. The highest BCUT2D eigenvalue weighted by Gasteiger charge is 2.57. The lowest BCUT2D eigenvalue weighted by atomic mass is 9.92. The van der Waals surface area contributed by atoms with Gasteiger partial charge in [0, 0.05) is 19.3 Å². The molecule has 0 bridgehead atoms. The molecule has 0 aromatic heterocycles. The van der Waals surface area contributed by atoms with Crippen LogP contribution < -0.4 is 0 Å². The Labute approximate surface area is 130 Å². The largest absolute Gasteiger partial charge is 0.477 e. The van der Waals surface area contributed by atoms with Gasteiger partial charge in [-0.1, -0.05) is 11.8 Å². The molecule has 1 amide bonds. The van der Waals surface area contributed by atoms with Gasteiger partial charge in [0.25, 0.3) is 0 Å². The van der Waals surface area contributed by atoms with Crippen molar-refractivity contribution >= 4 is 41.7 Å². The molecule has 0 aromatic carbocycles. The lowest BCUT2D eigenvalue weighted by Gasteiger charge is -2.43. The molecule has 2 aliphatic rings. The van der Waals surface area contributed by atoms with E-state index in [4.69, 9.17) is 5.41 Å². The molecule has 21 heavy (non-hydrogen) atoms. The number of aliphatic hydroxyl groups is 1. The number of aliphatic hydroxyl groups excluding tert-OH is 1. The number of aliphatic carboxylic acids is 1. The van der Waals surface area contributed by atoms with Crippen LogP contribution in [0.15, 0.2) is 9.93 Å². The summed E-state index contributed by atoms with van der Waals surface area (Å²) in [6, 6.07) is 0. The summed E-state index contributed by atoms with van der Waals surface area (Å²) in [5.74, 6) is -1.36. The Kier molecular flexibility index (Phi) is 4.84. The number of amides is 1. The number of carbonyl (C=O) groups excluding carboxylic acids is 1. The molecular weight excluding hydrogens is 314 g/mol. The maximum atomic E-state index is 12.0. The van der Waals surface area contributed by atoms with Crippen LogP contribution in [0.3, 0.4) is 0 Å². The smallest absolute Gasteiger partial charge is 0.354 e. The number of hydrogen-bond acceptors (Lipinski definition) is 6. The molecule has 0 aromatic rings. The van der Waals surface area contributed by atoms with Crippen molar-refractivity contribution < 1.29 is 19.8 Å². The number of β-lactam (4-membered cyclic amide) rings is 1. The van der Waals surface area contributed by atoms with Crippen molar-refractivity contribution in [1.29, 1.82) is 5.41 Å². The predicted octanol–water partition coefficient (Wildman–Crippen LogP) is 0.424. The number of thioether (sulfide) groups is 2. The molecule has 2 aliphatic heterocycles. The molecule has 1 unspecified atom stereocenters. The second kappa shape index (κ2) is 6.29. The first kappa shape index (κ1) is 16.2. The second-order valence-corrected chi connectivity index (χ2v) is 7.37. The third-order valence-corrected chi connectivity index (χ3v) is 6.00. The van der Waals surface area contributed by atoms with Crippen molar-refractivity contribution in [3.05, 3.63) is 9.93 Å². The summed E-state index contributed by atoms with van der Waals surface area (Å²) in [5.41, 5.74) is 0.0226. The topological polar surface area (TPSA) is 105 Å². The second-order valence-electron chi connectivity index (χ2n) is 4.88. The maximum Gasteiger partial charge on any atom is 0.354 e.